The average Bonchev–Trinajstić information content (AvgIpc) is 3.34. The first-order valence-corrected chi connectivity index (χ1v) is 14.1. The van der Waals surface area contributed by atoms with E-state index in [0.29, 0.717) is 0 Å². The summed E-state index contributed by atoms with van der Waals surface area (Å²) in [4.78, 5) is 0. The molecule has 3 aliphatic heterocycles. The van der Waals surface area contributed by atoms with Crippen LogP contribution in [0.1, 0.15) is 74.8 Å². The summed E-state index contributed by atoms with van der Waals surface area (Å²) in [5, 5.41) is 0. The van der Waals surface area contributed by atoms with E-state index in [9.17, 15) is 0 Å². The minimum Gasteiger partial charge on any atom is -0.256 e. The number of rotatable bonds is 3. The van der Waals surface area contributed by atoms with Gasteiger partial charge in [0.15, 0.2) is 0 Å². The molecule has 7 atom stereocenters. The van der Waals surface area contributed by atoms with E-state index in [1.54, 1.807) is 11.1 Å². The van der Waals surface area contributed by atoms with Crippen molar-refractivity contribution in [1.29, 1.82) is 0 Å². The molecule has 5 rings (SSSR count). The van der Waals surface area contributed by atoms with Crippen LogP contribution in [-0.4, -0.2) is 21.8 Å². The molecule has 1 nitrogen and oxygen atoms in total. The van der Waals surface area contributed by atoms with Crippen LogP contribution >= 0.6 is 16.1 Å². The Morgan fingerprint density at radius 3 is 1.75 bits per heavy atom. The van der Waals surface area contributed by atoms with Gasteiger partial charge in [0.2, 0.25) is 0 Å². The van der Waals surface area contributed by atoms with Crippen molar-refractivity contribution in [2.24, 2.45) is 0 Å². The van der Waals surface area contributed by atoms with Crippen LogP contribution in [-0.2, 0) is 0 Å². The van der Waals surface area contributed by atoms with Crippen molar-refractivity contribution in [3.05, 3.63) is 71.8 Å². The molecule has 0 aromatic heterocycles. The summed E-state index contributed by atoms with van der Waals surface area (Å²) in [6, 6.07) is 23.8. The van der Waals surface area contributed by atoms with Crippen LogP contribution in [0, 0.1) is 0 Å². The standard InChI is InChI=1S/C25H33NP2/c1-19-13-15-23-16-14-20(2)27(23)26(19)28-24(21-9-5-3-6-10-21)17-18-25(28)22-11-7-4-8-12-22/h3-12,19-20,23-25H,13-18H2,1-2H3/t19?,20?,23-,24+,25?,27?,28?/m1/s1. The van der Waals surface area contributed by atoms with E-state index in [0.717, 1.165) is 28.7 Å². The lowest BCUT2D eigenvalue weighted by Gasteiger charge is -2.50. The molecule has 0 N–H and O–H groups in total. The first-order chi connectivity index (χ1) is 13.7. The van der Waals surface area contributed by atoms with Gasteiger partial charge >= 0.3 is 0 Å². The number of hydrogen-bond donors (Lipinski definition) is 0. The van der Waals surface area contributed by atoms with E-state index >= 15 is 0 Å². The highest BCUT2D eigenvalue weighted by atomic mass is 31.2. The van der Waals surface area contributed by atoms with Gasteiger partial charge in [-0.05, 0) is 84.0 Å². The predicted molar refractivity (Wildman–Crippen MR) is 124 cm³/mol. The second kappa shape index (κ2) is 8.18. The number of fused-ring (bicyclic) bond motifs is 1. The van der Waals surface area contributed by atoms with Crippen molar-refractivity contribution in [3.8, 4) is 0 Å². The van der Waals surface area contributed by atoms with E-state index in [2.05, 4.69) is 79.0 Å². The molecule has 0 aliphatic carbocycles. The second-order valence-corrected chi connectivity index (χ2v) is 14.6. The predicted octanol–water partition coefficient (Wildman–Crippen LogP) is 8.09. The fraction of sp³-hybridized carbons (Fsp3) is 0.520. The third-order valence-electron chi connectivity index (χ3n) is 7.25. The highest BCUT2D eigenvalue weighted by molar-refractivity contribution is 7.71. The summed E-state index contributed by atoms with van der Waals surface area (Å²) in [5.74, 6) is 0. The SMILES string of the molecule is CC1CC[C@@H]2CCC(C)P2N1P1C(c2ccccc2)CC[C@H]1c1ccccc1. The van der Waals surface area contributed by atoms with Crippen LogP contribution in [0.2, 0.25) is 0 Å². The van der Waals surface area contributed by atoms with Gasteiger partial charge in [0, 0.05) is 17.4 Å². The highest BCUT2D eigenvalue weighted by Crippen LogP contribution is 2.81. The molecule has 2 aromatic rings. The molecule has 148 valence electrons. The zero-order valence-corrected chi connectivity index (χ0v) is 19.0. The van der Waals surface area contributed by atoms with Gasteiger partial charge in [-0.1, -0.05) is 67.6 Å². The van der Waals surface area contributed by atoms with Gasteiger partial charge in [0.05, 0.1) is 0 Å². The zero-order chi connectivity index (χ0) is 19.1. The molecule has 0 spiro atoms. The van der Waals surface area contributed by atoms with Crippen LogP contribution in [0.5, 0.6) is 0 Å². The molecule has 3 aliphatic rings. The molecule has 0 amide bonds. The molecule has 28 heavy (non-hydrogen) atoms. The summed E-state index contributed by atoms with van der Waals surface area (Å²) in [6.45, 7) is 5.12. The van der Waals surface area contributed by atoms with Gasteiger partial charge in [0.25, 0.3) is 0 Å². The summed E-state index contributed by atoms with van der Waals surface area (Å²) in [6.07, 6.45) is 8.59. The van der Waals surface area contributed by atoms with E-state index in [-0.39, 0.29) is 16.1 Å². The topological polar surface area (TPSA) is 3.24 Å². The normalized spacial score (nSPS) is 38.4. The fourth-order valence-electron chi connectivity index (χ4n) is 5.90. The van der Waals surface area contributed by atoms with E-state index in [1.807, 2.05) is 0 Å². The zero-order valence-electron chi connectivity index (χ0n) is 17.2. The van der Waals surface area contributed by atoms with Gasteiger partial charge in [-0.3, -0.25) is 4.44 Å². The van der Waals surface area contributed by atoms with Crippen molar-refractivity contribution in [2.45, 2.75) is 81.1 Å². The van der Waals surface area contributed by atoms with Crippen LogP contribution < -0.4 is 0 Å². The lowest BCUT2D eigenvalue weighted by Crippen LogP contribution is -2.34. The molecular weight excluding hydrogens is 376 g/mol. The Kier molecular flexibility index (Phi) is 5.62. The second-order valence-electron chi connectivity index (χ2n) is 9.02. The lowest BCUT2D eigenvalue weighted by atomic mass is 10.0. The molecule has 5 unspecified atom stereocenters. The average molecular weight is 409 g/mol. The largest absolute Gasteiger partial charge is 0.256 e. The molecule has 0 bridgehead atoms. The van der Waals surface area contributed by atoms with Crippen molar-refractivity contribution in [2.75, 3.05) is 0 Å². The van der Waals surface area contributed by atoms with E-state index in [4.69, 9.17) is 0 Å². The van der Waals surface area contributed by atoms with E-state index in [1.165, 1.54) is 38.5 Å². The summed E-state index contributed by atoms with van der Waals surface area (Å²) in [7, 11) is -0.145. The van der Waals surface area contributed by atoms with Crippen LogP contribution in [0.25, 0.3) is 0 Å². The highest BCUT2D eigenvalue weighted by Gasteiger charge is 2.50. The summed E-state index contributed by atoms with van der Waals surface area (Å²) < 4.78 is 3.18. The quantitative estimate of drug-likeness (QED) is 0.463. The Hall–Kier alpha value is -0.740. The number of hydrogen-bond acceptors (Lipinski definition) is 1. The molecule has 0 radical (unpaired) electrons. The maximum Gasteiger partial charge on any atom is 0.0183 e. The van der Waals surface area contributed by atoms with Crippen LogP contribution in [0.4, 0.5) is 0 Å². The van der Waals surface area contributed by atoms with Gasteiger partial charge in [-0.25, -0.2) is 0 Å². The molecule has 3 heterocycles. The minimum absolute atomic E-state index is 0.0335. The van der Waals surface area contributed by atoms with E-state index < -0.39 is 0 Å². The monoisotopic (exact) mass is 409 g/mol. The fourth-order valence-corrected chi connectivity index (χ4v) is 15.2. The van der Waals surface area contributed by atoms with Crippen molar-refractivity contribution >= 4 is 16.1 Å². The Balaban J connectivity index is 1.57. The van der Waals surface area contributed by atoms with Crippen LogP contribution in [0.3, 0.4) is 0 Å². The number of nitrogens with zero attached hydrogens (tertiary/aromatic N) is 1. The van der Waals surface area contributed by atoms with Gasteiger partial charge in [0.1, 0.15) is 0 Å². The third-order valence-corrected chi connectivity index (χ3v) is 15.0. The van der Waals surface area contributed by atoms with Crippen molar-refractivity contribution in [1.82, 2.24) is 4.44 Å². The third kappa shape index (κ3) is 3.39. The Morgan fingerprint density at radius 2 is 1.18 bits per heavy atom. The lowest BCUT2D eigenvalue weighted by molar-refractivity contribution is 0.433. The van der Waals surface area contributed by atoms with Crippen molar-refractivity contribution in [3.63, 3.8) is 0 Å². The van der Waals surface area contributed by atoms with Crippen LogP contribution in [0.15, 0.2) is 60.7 Å². The first-order valence-electron chi connectivity index (χ1n) is 11.2. The van der Waals surface area contributed by atoms with Crippen molar-refractivity contribution < 1.29 is 0 Å². The Bertz CT molecular complexity index is 732. The summed E-state index contributed by atoms with van der Waals surface area (Å²) in [5.41, 5.74) is 6.64. The summed E-state index contributed by atoms with van der Waals surface area (Å²) >= 11 is 0. The molecular formula is C25H33NP2. The smallest absolute Gasteiger partial charge is 0.0183 e. The number of benzene rings is 2. The van der Waals surface area contributed by atoms with Gasteiger partial charge in [-0.2, -0.15) is 0 Å². The Labute approximate surface area is 173 Å². The molecule has 2 aromatic carbocycles. The molecule has 3 saturated heterocycles. The minimum atomic E-state index is -0.178. The Morgan fingerprint density at radius 1 is 0.643 bits per heavy atom. The maximum atomic E-state index is 3.18. The maximum absolute atomic E-state index is 3.18. The van der Waals surface area contributed by atoms with Gasteiger partial charge < -0.3 is 0 Å². The molecule has 3 fully saturated rings. The first kappa shape index (κ1) is 19.2. The molecule has 0 saturated carbocycles. The molecule has 3 heteroatoms. The van der Waals surface area contributed by atoms with Gasteiger partial charge in [-0.15, -0.1) is 0 Å².